The fraction of sp³-hybridized carbons (Fsp3) is 0.529. The Labute approximate surface area is 151 Å². The Balaban J connectivity index is 2.03. The largest absolute Gasteiger partial charge is 0.444 e. The van der Waals surface area contributed by atoms with Crippen molar-refractivity contribution in [3.8, 4) is 0 Å². The first-order chi connectivity index (χ1) is 11.6. The minimum atomic E-state index is -0.569. The zero-order valence-electron chi connectivity index (χ0n) is 14.5. The highest BCUT2D eigenvalue weighted by Crippen LogP contribution is 2.29. The van der Waals surface area contributed by atoms with Crippen LogP contribution in [0, 0.1) is 16.0 Å². The predicted octanol–water partition coefficient (Wildman–Crippen LogP) is 4.08. The van der Waals surface area contributed by atoms with Gasteiger partial charge in [0.25, 0.3) is 5.69 Å². The Bertz CT molecular complexity index is 691. The summed E-state index contributed by atoms with van der Waals surface area (Å²) in [5.74, 6) is -0.546. The summed E-state index contributed by atoms with van der Waals surface area (Å²) >= 11 is 6.04. The van der Waals surface area contributed by atoms with Gasteiger partial charge in [-0.1, -0.05) is 11.6 Å². The highest BCUT2D eigenvalue weighted by atomic mass is 35.5. The number of amides is 1. The van der Waals surface area contributed by atoms with Crippen LogP contribution in [-0.4, -0.2) is 40.4 Å². The van der Waals surface area contributed by atoms with Crippen LogP contribution in [0.3, 0.4) is 0 Å². The Morgan fingerprint density at radius 1 is 1.28 bits per heavy atom. The molecule has 1 aliphatic rings. The lowest BCUT2D eigenvalue weighted by Crippen LogP contribution is -2.43. The number of ether oxygens (including phenoxy) is 1. The molecule has 1 aromatic carbocycles. The van der Waals surface area contributed by atoms with Gasteiger partial charge in [0.1, 0.15) is 5.60 Å². The van der Waals surface area contributed by atoms with Gasteiger partial charge in [0, 0.05) is 36.7 Å². The van der Waals surface area contributed by atoms with Crippen molar-refractivity contribution in [1.82, 2.24) is 4.90 Å². The summed E-state index contributed by atoms with van der Waals surface area (Å²) in [7, 11) is 0. The van der Waals surface area contributed by atoms with Crippen LogP contribution in [0.4, 0.5) is 10.5 Å². The maximum absolute atomic E-state index is 12.7. The molecule has 0 N–H and O–H groups in total. The van der Waals surface area contributed by atoms with Gasteiger partial charge in [-0.3, -0.25) is 14.9 Å². The topological polar surface area (TPSA) is 89.8 Å². The molecule has 0 unspecified atom stereocenters. The maximum Gasteiger partial charge on any atom is 0.410 e. The monoisotopic (exact) mass is 368 g/mol. The molecule has 1 fully saturated rings. The van der Waals surface area contributed by atoms with Crippen LogP contribution in [0.2, 0.25) is 5.02 Å². The molecule has 8 heteroatoms. The SMILES string of the molecule is CC(C)(C)OC(=O)N1CCC(C(=O)c2cc([N+](=O)[O-])ccc2Cl)CC1. The Kier molecular flexibility index (Phi) is 5.67. The van der Waals surface area contributed by atoms with Crippen LogP contribution in [0.15, 0.2) is 18.2 Å². The van der Waals surface area contributed by atoms with Crippen LogP contribution >= 0.6 is 11.6 Å². The molecular formula is C17H21ClN2O5. The average molecular weight is 369 g/mol. The molecule has 1 aliphatic heterocycles. The van der Waals surface area contributed by atoms with E-state index in [1.54, 1.807) is 25.7 Å². The number of nitro benzene ring substituents is 1. The maximum atomic E-state index is 12.7. The second-order valence-corrected chi connectivity index (χ2v) is 7.43. The summed E-state index contributed by atoms with van der Waals surface area (Å²) in [6, 6.07) is 3.85. The van der Waals surface area contributed by atoms with E-state index in [1.807, 2.05) is 0 Å². The molecule has 7 nitrogen and oxygen atoms in total. The summed E-state index contributed by atoms with van der Waals surface area (Å²) in [5.41, 5.74) is -0.578. The number of non-ortho nitro benzene ring substituents is 1. The highest BCUT2D eigenvalue weighted by Gasteiger charge is 2.31. The molecule has 0 atom stereocenters. The first-order valence-corrected chi connectivity index (χ1v) is 8.42. The number of halogens is 1. The van der Waals surface area contributed by atoms with Gasteiger partial charge in [-0.05, 0) is 39.7 Å². The number of likely N-dealkylation sites (tertiary alicyclic amines) is 1. The van der Waals surface area contributed by atoms with Crippen molar-refractivity contribution >= 4 is 29.2 Å². The second kappa shape index (κ2) is 7.39. The summed E-state index contributed by atoms with van der Waals surface area (Å²) < 4.78 is 5.32. The molecule has 0 saturated carbocycles. The van der Waals surface area contributed by atoms with Gasteiger partial charge in [-0.15, -0.1) is 0 Å². The zero-order valence-corrected chi connectivity index (χ0v) is 15.2. The lowest BCUT2D eigenvalue weighted by Gasteiger charge is -2.33. The number of Topliss-reactive ketones (excluding diaryl/α,β-unsaturated/α-hetero) is 1. The normalized spacial score (nSPS) is 15.8. The van der Waals surface area contributed by atoms with E-state index in [2.05, 4.69) is 0 Å². The number of rotatable bonds is 3. The first kappa shape index (κ1) is 19.2. The molecule has 0 aromatic heterocycles. The number of nitro groups is 1. The van der Waals surface area contributed by atoms with Crippen molar-refractivity contribution in [3.05, 3.63) is 38.9 Å². The number of piperidine rings is 1. The van der Waals surface area contributed by atoms with Gasteiger partial charge in [-0.25, -0.2) is 4.79 Å². The minimum Gasteiger partial charge on any atom is -0.444 e. The van der Waals surface area contributed by atoms with E-state index in [1.165, 1.54) is 18.2 Å². The van der Waals surface area contributed by atoms with Gasteiger partial charge in [-0.2, -0.15) is 0 Å². The quantitative estimate of drug-likeness (QED) is 0.455. The Morgan fingerprint density at radius 2 is 1.88 bits per heavy atom. The minimum absolute atomic E-state index is 0.159. The van der Waals surface area contributed by atoms with Crippen LogP contribution < -0.4 is 0 Å². The molecule has 0 bridgehead atoms. The fourth-order valence-corrected chi connectivity index (χ4v) is 2.90. The van der Waals surface area contributed by atoms with Gasteiger partial charge in [0.05, 0.1) is 9.95 Å². The second-order valence-electron chi connectivity index (χ2n) is 7.03. The van der Waals surface area contributed by atoms with E-state index in [9.17, 15) is 19.7 Å². The number of ketones is 1. The third-order valence-electron chi connectivity index (χ3n) is 3.94. The van der Waals surface area contributed by atoms with Crippen molar-refractivity contribution < 1.29 is 19.2 Å². The lowest BCUT2D eigenvalue weighted by molar-refractivity contribution is -0.384. The predicted molar refractivity (Wildman–Crippen MR) is 93.0 cm³/mol. The average Bonchev–Trinajstić information content (AvgIpc) is 2.53. The lowest BCUT2D eigenvalue weighted by atomic mass is 9.89. The smallest absolute Gasteiger partial charge is 0.410 e. The number of carbonyl (C=O) groups is 2. The first-order valence-electron chi connectivity index (χ1n) is 8.04. The van der Waals surface area contributed by atoms with Gasteiger partial charge < -0.3 is 9.64 Å². The fourth-order valence-electron chi connectivity index (χ4n) is 2.69. The number of carbonyl (C=O) groups excluding carboxylic acids is 2. The van der Waals surface area contributed by atoms with Gasteiger partial charge in [0.2, 0.25) is 0 Å². The van der Waals surface area contributed by atoms with E-state index < -0.39 is 16.6 Å². The molecule has 1 saturated heterocycles. The van der Waals surface area contributed by atoms with E-state index in [4.69, 9.17) is 16.3 Å². The molecule has 0 radical (unpaired) electrons. The standard InChI is InChI=1S/C17H21ClN2O5/c1-17(2,3)25-16(22)19-8-6-11(7-9-19)15(21)13-10-12(20(23)24)4-5-14(13)18/h4-5,10-11H,6-9H2,1-3H3. The molecule has 1 amide bonds. The van der Waals surface area contributed by atoms with Crippen LogP contribution in [0.1, 0.15) is 44.0 Å². The molecule has 0 spiro atoms. The number of hydrogen-bond acceptors (Lipinski definition) is 5. The van der Waals surface area contributed by atoms with Crippen LogP contribution in [-0.2, 0) is 4.74 Å². The van der Waals surface area contributed by atoms with Crippen molar-refractivity contribution in [2.75, 3.05) is 13.1 Å². The molecule has 1 aromatic rings. The summed E-state index contributed by atoms with van der Waals surface area (Å²) in [6.45, 7) is 6.19. The molecular weight excluding hydrogens is 348 g/mol. The molecule has 1 heterocycles. The summed E-state index contributed by atoms with van der Waals surface area (Å²) in [4.78, 5) is 36.6. The van der Waals surface area contributed by atoms with E-state index in [0.717, 1.165) is 0 Å². The van der Waals surface area contributed by atoms with E-state index in [-0.39, 0.29) is 28.0 Å². The van der Waals surface area contributed by atoms with E-state index >= 15 is 0 Å². The third-order valence-corrected chi connectivity index (χ3v) is 4.27. The van der Waals surface area contributed by atoms with Crippen molar-refractivity contribution in [3.63, 3.8) is 0 Å². The van der Waals surface area contributed by atoms with Crippen molar-refractivity contribution in [2.24, 2.45) is 5.92 Å². The van der Waals surface area contributed by atoms with Crippen LogP contribution in [0.5, 0.6) is 0 Å². The Hall–Kier alpha value is -2.15. The molecule has 0 aliphatic carbocycles. The van der Waals surface area contributed by atoms with Crippen molar-refractivity contribution in [2.45, 2.75) is 39.2 Å². The van der Waals surface area contributed by atoms with Gasteiger partial charge >= 0.3 is 6.09 Å². The summed E-state index contributed by atoms with van der Waals surface area (Å²) in [6.07, 6.45) is 0.542. The molecule has 136 valence electrons. The summed E-state index contributed by atoms with van der Waals surface area (Å²) in [5, 5.41) is 11.1. The molecule has 25 heavy (non-hydrogen) atoms. The highest BCUT2D eigenvalue weighted by molar-refractivity contribution is 6.34. The number of benzene rings is 1. The van der Waals surface area contributed by atoms with Crippen LogP contribution in [0.25, 0.3) is 0 Å². The van der Waals surface area contributed by atoms with Gasteiger partial charge in [0.15, 0.2) is 5.78 Å². The van der Waals surface area contributed by atoms with Crippen molar-refractivity contribution in [1.29, 1.82) is 0 Å². The zero-order chi connectivity index (χ0) is 18.8. The number of hydrogen-bond donors (Lipinski definition) is 0. The number of nitrogens with zero attached hydrogens (tertiary/aromatic N) is 2. The molecule has 2 rings (SSSR count). The van der Waals surface area contributed by atoms with E-state index in [0.29, 0.717) is 25.9 Å². The third kappa shape index (κ3) is 4.92. The Morgan fingerprint density at radius 3 is 2.40 bits per heavy atom.